The van der Waals surface area contributed by atoms with E-state index in [0.29, 0.717) is 0 Å². The van der Waals surface area contributed by atoms with Crippen molar-refractivity contribution >= 4 is 0 Å². The molecule has 0 heterocycles. The number of hydrogen-bond acceptors (Lipinski definition) is 0. The molecule has 2 aromatic carbocycles. The first kappa shape index (κ1) is 21.2. The molecule has 2 saturated carbocycles. The van der Waals surface area contributed by atoms with Gasteiger partial charge in [-0.15, -0.1) is 0 Å². The largest absolute Gasteiger partial charge is 0.0798 e. The molecule has 0 nitrogen and oxygen atoms in total. The zero-order valence-corrected chi connectivity index (χ0v) is 18.5. The molecule has 0 saturated heterocycles. The highest BCUT2D eigenvalue weighted by Crippen LogP contribution is 2.48. The molecule has 30 heavy (non-hydrogen) atoms. The molecular formula is C30H38. The van der Waals surface area contributed by atoms with Crippen molar-refractivity contribution in [3.05, 3.63) is 96.1 Å². The van der Waals surface area contributed by atoms with Gasteiger partial charge in [-0.2, -0.15) is 0 Å². The highest BCUT2D eigenvalue weighted by molar-refractivity contribution is 5.40. The van der Waals surface area contributed by atoms with Gasteiger partial charge in [0.2, 0.25) is 0 Å². The standard InChI is InChI=1S/C24H32.C6H6/c1-4-10-20(11-5-1)21-16-18-24(19-17-21,22-12-6-2-7-13-22)23-14-8-3-9-15-23;1-2-4-6-5-3-1/h2,6-7,12-13,16-18,20,23H,1,3-5,8-11,14-15,19H2;1-6H. The molecule has 0 N–H and O–H groups in total. The molecule has 0 aliphatic heterocycles. The van der Waals surface area contributed by atoms with Crippen molar-refractivity contribution < 1.29 is 0 Å². The first-order valence-electron chi connectivity index (χ1n) is 12.3. The normalized spacial score (nSPS) is 25.1. The van der Waals surface area contributed by atoms with Crippen LogP contribution in [0.5, 0.6) is 0 Å². The molecule has 5 rings (SSSR count). The Balaban J connectivity index is 0.000000313. The van der Waals surface area contributed by atoms with E-state index in [-0.39, 0.29) is 5.41 Å². The minimum atomic E-state index is 0.264. The first-order valence-corrected chi connectivity index (χ1v) is 12.3. The molecule has 0 heteroatoms. The summed E-state index contributed by atoms with van der Waals surface area (Å²) in [6.45, 7) is 0. The number of benzene rings is 2. The van der Waals surface area contributed by atoms with Crippen LogP contribution < -0.4 is 0 Å². The van der Waals surface area contributed by atoms with Gasteiger partial charge in [-0.3, -0.25) is 0 Å². The third kappa shape index (κ3) is 5.15. The summed E-state index contributed by atoms with van der Waals surface area (Å²) in [4.78, 5) is 0. The smallest absolute Gasteiger partial charge is 0.0198 e. The summed E-state index contributed by atoms with van der Waals surface area (Å²) < 4.78 is 0. The Kier molecular flexibility index (Phi) is 7.62. The first-order chi connectivity index (χ1) is 14.9. The van der Waals surface area contributed by atoms with Crippen molar-refractivity contribution in [2.75, 3.05) is 0 Å². The van der Waals surface area contributed by atoms with Crippen LogP contribution in [-0.4, -0.2) is 0 Å². The van der Waals surface area contributed by atoms with Gasteiger partial charge in [-0.1, -0.05) is 123 Å². The molecule has 0 radical (unpaired) electrons. The zero-order valence-electron chi connectivity index (χ0n) is 18.5. The second kappa shape index (κ2) is 10.8. The molecule has 158 valence electrons. The minimum Gasteiger partial charge on any atom is -0.0798 e. The maximum absolute atomic E-state index is 2.63. The van der Waals surface area contributed by atoms with Crippen LogP contribution in [0.25, 0.3) is 0 Å². The Morgan fingerprint density at radius 1 is 0.600 bits per heavy atom. The summed E-state index contributed by atoms with van der Waals surface area (Å²) in [5.74, 6) is 1.67. The fourth-order valence-corrected chi connectivity index (χ4v) is 5.91. The van der Waals surface area contributed by atoms with Gasteiger partial charge in [0.15, 0.2) is 0 Å². The van der Waals surface area contributed by atoms with Crippen molar-refractivity contribution in [1.29, 1.82) is 0 Å². The third-order valence-electron chi connectivity index (χ3n) is 7.64. The van der Waals surface area contributed by atoms with E-state index < -0.39 is 0 Å². The fourth-order valence-electron chi connectivity index (χ4n) is 5.91. The molecule has 2 fully saturated rings. The van der Waals surface area contributed by atoms with Crippen LogP contribution in [0.2, 0.25) is 0 Å². The lowest BCUT2D eigenvalue weighted by Gasteiger charge is -2.43. The minimum absolute atomic E-state index is 0.264. The van der Waals surface area contributed by atoms with Gasteiger partial charge in [0.25, 0.3) is 0 Å². The van der Waals surface area contributed by atoms with E-state index in [1.165, 1.54) is 70.6 Å². The lowest BCUT2D eigenvalue weighted by molar-refractivity contribution is 0.243. The Morgan fingerprint density at radius 2 is 1.13 bits per heavy atom. The molecule has 1 unspecified atom stereocenters. The van der Waals surface area contributed by atoms with Crippen LogP contribution >= 0.6 is 0 Å². The fraction of sp³-hybridized carbons (Fsp3) is 0.467. The van der Waals surface area contributed by atoms with E-state index in [2.05, 4.69) is 48.6 Å². The number of rotatable bonds is 3. The van der Waals surface area contributed by atoms with E-state index in [1.807, 2.05) is 36.4 Å². The third-order valence-corrected chi connectivity index (χ3v) is 7.64. The van der Waals surface area contributed by atoms with Crippen molar-refractivity contribution in [1.82, 2.24) is 0 Å². The summed E-state index contributed by atoms with van der Waals surface area (Å²) >= 11 is 0. The molecule has 3 aliphatic carbocycles. The molecule has 0 spiro atoms. The van der Waals surface area contributed by atoms with Crippen molar-refractivity contribution in [2.24, 2.45) is 11.8 Å². The van der Waals surface area contributed by atoms with Crippen LogP contribution in [0, 0.1) is 11.8 Å². The quantitative estimate of drug-likeness (QED) is 0.485. The van der Waals surface area contributed by atoms with E-state index in [9.17, 15) is 0 Å². The van der Waals surface area contributed by atoms with Crippen LogP contribution in [0.3, 0.4) is 0 Å². The van der Waals surface area contributed by atoms with Crippen molar-refractivity contribution in [2.45, 2.75) is 76.0 Å². The van der Waals surface area contributed by atoms with E-state index in [0.717, 1.165) is 11.8 Å². The van der Waals surface area contributed by atoms with Crippen LogP contribution in [0.4, 0.5) is 0 Å². The highest BCUT2D eigenvalue weighted by Gasteiger charge is 2.39. The predicted molar refractivity (Wildman–Crippen MR) is 130 cm³/mol. The van der Waals surface area contributed by atoms with Gasteiger partial charge in [0.05, 0.1) is 0 Å². The molecule has 0 amide bonds. The molecule has 1 atom stereocenters. The maximum Gasteiger partial charge on any atom is 0.0198 e. The van der Waals surface area contributed by atoms with Gasteiger partial charge < -0.3 is 0 Å². The van der Waals surface area contributed by atoms with E-state index >= 15 is 0 Å². The topological polar surface area (TPSA) is 0 Å². The lowest BCUT2D eigenvalue weighted by Crippen LogP contribution is -2.36. The summed E-state index contributed by atoms with van der Waals surface area (Å²) in [6.07, 6.45) is 23.2. The van der Waals surface area contributed by atoms with E-state index in [4.69, 9.17) is 0 Å². The monoisotopic (exact) mass is 398 g/mol. The summed E-state index contributed by atoms with van der Waals surface area (Å²) in [5, 5.41) is 0. The average molecular weight is 399 g/mol. The number of hydrogen-bond donors (Lipinski definition) is 0. The Bertz CT molecular complexity index is 762. The summed E-state index contributed by atoms with van der Waals surface area (Å²) in [5.41, 5.74) is 3.46. The van der Waals surface area contributed by atoms with Gasteiger partial charge in [-0.25, -0.2) is 0 Å². The SMILES string of the molecule is C1=CC(c2ccccc2)(C2CCCCC2)CC=C1C1CCCCC1.c1ccccc1. The maximum atomic E-state index is 2.63. The predicted octanol–water partition coefficient (Wildman–Crippen LogP) is 8.66. The molecule has 0 bridgehead atoms. The van der Waals surface area contributed by atoms with Crippen molar-refractivity contribution in [3.8, 4) is 0 Å². The second-order valence-corrected chi connectivity index (χ2v) is 9.47. The summed E-state index contributed by atoms with van der Waals surface area (Å²) in [6, 6.07) is 23.4. The Morgan fingerprint density at radius 3 is 1.67 bits per heavy atom. The van der Waals surface area contributed by atoms with Crippen LogP contribution in [-0.2, 0) is 5.41 Å². The van der Waals surface area contributed by atoms with E-state index in [1.54, 1.807) is 11.1 Å². The number of allylic oxidation sites excluding steroid dienone is 4. The highest BCUT2D eigenvalue weighted by atomic mass is 14.4. The molecule has 2 aromatic rings. The Labute approximate surface area is 184 Å². The van der Waals surface area contributed by atoms with Gasteiger partial charge in [0, 0.05) is 5.41 Å². The van der Waals surface area contributed by atoms with Crippen molar-refractivity contribution in [3.63, 3.8) is 0 Å². The molecule has 3 aliphatic rings. The zero-order chi connectivity index (χ0) is 20.5. The summed E-state index contributed by atoms with van der Waals surface area (Å²) in [7, 11) is 0. The molecular weight excluding hydrogens is 360 g/mol. The lowest BCUT2D eigenvalue weighted by atomic mass is 9.61. The van der Waals surface area contributed by atoms with Gasteiger partial charge in [0.1, 0.15) is 0 Å². The Hall–Kier alpha value is -2.08. The second-order valence-electron chi connectivity index (χ2n) is 9.47. The molecule has 0 aromatic heterocycles. The van der Waals surface area contributed by atoms with Gasteiger partial charge >= 0.3 is 0 Å². The van der Waals surface area contributed by atoms with Crippen LogP contribution in [0.1, 0.15) is 76.2 Å². The average Bonchev–Trinajstić information content (AvgIpc) is 2.87. The van der Waals surface area contributed by atoms with Gasteiger partial charge in [-0.05, 0) is 55.1 Å². The van der Waals surface area contributed by atoms with Crippen LogP contribution in [0.15, 0.2) is 90.5 Å².